The highest BCUT2D eigenvalue weighted by atomic mass is 79.9. The number of benzene rings is 2. The smallest absolute Gasteiger partial charge is 0.265 e. The molecule has 0 saturated heterocycles. The van der Waals surface area contributed by atoms with Gasteiger partial charge < -0.3 is 11.1 Å². The van der Waals surface area contributed by atoms with Crippen LogP contribution in [0.15, 0.2) is 40.9 Å². The van der Waals surface area contributed by atoms with Gasteiger partial charge in [0.25, 0.3) is 6.43 Å². The topological polar surface area (TPSA) is 38.0 Å². The summed E-state index contributed by atoms with van der Waals surface area (Å²) < 4.78 is 26.5. The van der Waals surface area contributed by atoms with Gasteiger partial charge in [0.05, 0.1) is 15.2 Å². The van der Waals surface area contributed by atoms with Gasteiger partial charge in [-0.3, -0.25) is 0 Å². The van der Waals surface area contributed by atoms with Crippen molar-refractivity contribution in [1.29, 1.82) is 0 Å². The van der Waals surface area contributed by atoms with Gasteiger partial charge in [-0.1, -0.05) is 17.7 Å². The Kier molecular flexibility index (Phi) is 4.27. The molecule has 0 atom stereocenters. The molecule has 2 rings (SSSR count). The van der Waals surface area contributed by atoms with E-state index in [1.807, 2.05) is 0 Å². The SMILES string of the molecule is Nc1ccc(Nc2cccc(Cl)c2Br)c(C(F)F)c1. The second-order valence-corrected chi connectivity index (χ2v) is 5.07. The second kappa shape index (κ2) is 5.75. The molecule has 0 bridgehead atoms. The van der Waals surface area contributed by atoms with Crippen LogP contribution in [-0.4, -0.2) is 0 Å². The summed E-state index contributed by atoms with van der Waals surface area (Å²) in [6.45, 7) is 0. The van der Waals surface area contributed by atoms with Crippen LogP contribution in [0.25, 0.3) is 0 Å². The molecule has 0 aromatic heterocycles. The first kappa shape index (κ1) is 14.1. The molecular formula is C13H10BrClF2N2. The Bertz CT molecular complexity index is 605. The Morgan fingerprint density at radius 2 is 1.89 bits per heavy atom. The van der Waals surface area contributed by atoms with Crippen molar-refractivity contribution in [3.8, 4) is 0 Å². The lowest BCUT2D eigenvalue weighted by molar-refractivity contribution is 0.152. The van der Waals surface area contributed by atoms with Crippen LogP contribution in [0.4, 0.5) is 25.8 Å². The van der Waals surface area contributed by atoms with E-state index in [9.17, 15) is 8.78 Å². The molecule has 100 valence electrons. The molecule has 0 radical (unpaired) electrons. The van der Waals surface area contributed by atoms with E-state index in [-0.39, 0.29) is 5.56 Å². The van der Waals surface area contributed by atoms with Crippen LogP contribution in [0, 0.1) is 0 Å². The highest BCUT2D eigenvalue weighted by molar-refractivity contribution is 9.10. The van der Waals surface area contributed by atoms with Crippen molar-refractivity contribution in [3.63, 3.8) is 0 Å². The van der Waals surface area contributed by atoms with E-state index in [0.717, 1.165) is 0 Å². The van der Waals surface area contributed by atoms with E-state index in [4.69, 9.17) is 17.3 Å². The van der Waals surface area contributed by atoms with Gasteiger partial charge >= 0.3 is 0 Å². The zero-order valence-corrected chi connectivity index (χ0v) is 12.0. The van der Waals surface area contributed by atoms with Gasteiger partial charge in [-0.2, -0.15) is 0 Å². The third kappa shape index (κ3) is 3.16. The summed E-state index contributed by atoms with van der Waals surface area (Å²) in [6, 6.07) is 9.51. The minimum atomic E-state index is -2.61. The molecule has 0 aliphatic carbocycles. The van der Waals surface area contributed by atoms with Gasteiger partial charge in [-0.05, 0) is 46.3 Å². The first-order valence-electron chi connectivity index (χ1n) is 5.37. The second-order valence-electron chi connectivity index (χ2n) is 3.87. The average Bonchev–Trinajstić information content (AvgIpc) is 2.36. The number of rotatable bonds is 3. The largest absolute Gasteiger partial charge is 0.399 e. The van der Waals surface area contributed by atoms with Gasteiger partial charge in [-0.25, -0.2) is 8.78 Å². The first-order valence-corrected chi connectivity index (χ1v) is 6.54. The lowest BCUT2D eigenvalue weighted by atomic mass is 10.1. The standard InChI is InChI=1S/C13H10BrClF2N2/c14-12-9(15)2-1-3-11(12)19-10-5-4-7(18)6-8(10)13(16)17/h1-6,13,19H,18H2. The Morgan fingerprint density at radius 1 is 1.16 bits per heavy atom. The van der Waals surface area contributed by atoms with Gasteiger partial charge in [0.1, 0.15) is 0 Å². The summed E-state index contributed by atoms with van der Waals surface area (Å²) >= 11 is 9.26. The molecule has 0 saturated carbocycles. The van der Waals surface area contributed by atoms with Crippen LogP contribution in [0.2, 0.25) is 5.02 Å². The summed E-state index contributed by atoms with van der Waals surface area (Å²) in [4.78, 5) is 0. The van der Waals surface area contributed by atoms with Crippen LogP contribution in [0.5, 0.6) is 0 Å². The van der Waals surface area contributed by atoms with Crippen molar-refractivity contribution in [2.75, 3.05) is 11.1 Å². The summed E-state index contributed by atoms with van der Waals surface area (Å²) in [5.41, 5.74) is 6.58. The number of nitrogen functional groups attached to an aromatic ring is 1. The van der Waals surface area contributed by atoms with Gasteiger partial charge in [0.2, 0.25) is 0 Å². The zero-order chi connectivity index (χ0) is 14.0. The van der Waals surface area contributed by atoms with E-state index < -0.39 is 6.43 Å². The maximum absolute atomic E-state index is 13.0. The maximum atomic E-state index is 13.0. The molecule has 0 aliphatic rings. The van der Waals surface area contributed by atoms with Crippen molar-refractivity contribution in [2.24, 2.45) is 0 Å². The molecule has 2 aromatic rings. The Hall–Kier alpha value is -1.33. The maximum Gasteiger partial charge on any atom is 0.265 e. The fourth-order valence-electron chi connectivity index (χ4n) is 1.62. The number of hydrogen-bond acceptors (Lipinski definition) is 2. The average molecular weight is 348 g/mol. The van der Waals surface area contributed by atoms with Crippen molar-refractivity contribution in [2.45, 2.75) is 6.43 Å². The minimum Gasteiger partial charge on any atom is -0.399 e. The fraction of sp³-hybridized carbons (Fsp3) is 0.0769. The van der Waals surface area contributed by atoms with E-state index >= 15 is 0 Å². The molecule has 2 aromatic carbocycles. The lowest BCUT2D eigenvalue weighted by Crippen LogP contribution is -1.99. The summed E-state index contributed by atoms with van der Waals surface area (Å²) in [5, 5.41) is 3.42. The molecule has 0 aliphatic heterocycles. The van der Waals surface area contributed by atoms with Crippen LogP contribution in [0.3, 0.4) is 0 Å². The molecule has 0 fully saturated rings. The molecule has 0 spiro atoms. The predicted octanol–water partition coefficient (Wildman–Crippen LogP) is 5.37. The summed E-state index contributed by atoms with van der Waals surface area (Å²) in [6.07, 6.45) is -2.61. The molecule has 2 nitrogen and oxygen atoms in total. The quantitative estimate of drug-likeness (QED) is 0.733. The van der Waals surface area contributed by atoms with Crippen molar-refractivity contribution in [1.82, 2.24) is 0 Å². The number of hydrogen-bond donors (Lipinski definition) is 2. The van der Waals surface area contributed by atoms with E-state index in [0.29, 0.717) is 26.6 Å². The van der Waals surface area contributed by atoms with E-state index in [1.165, 1.54) is 12.1 Å². The van der Waals surface area contributed by atoms with Crippen LogP contribution in [0.1, 0.15) is 12.0 Å². The monoisotopic (exact) mass is 346 g/mol. The number of anilines is 3. The zero-order valence-electron chi connectivity index (χ0n) is 9.63. The van der Waals surface area contributed by atoms with Crippen LogP contribution < -0.4 is 11.1 Å². The van der Waals surface area contributed by atoms with E-state index in [2.05, 4.69) is 21.2 Å². The number of nitrogens with one attached hydrogen (secondary N) is 1. The normalized spacial score (nSPS) is 10.8. The first-order chi connectivity index (χ1) is 8.99. The molecule has 19 heavy (non-hydrogen) atoms. The van der Waals surface area contributed by atoms with Crippen LogP contribution in [-0.2, 0) is 0 Å². The molecule has 0 amide bonds. The number of halogens is 4. The molecule has 0 unspecified atom stereocenters. The fourth-order valence-corrected chi connectivity index (χ4v) is 2.16. The van der Waals surface area contributed by atoms with E-state index in [1.54, 1.807) is 24.3 Å². The Labute approximate surface area is 122 Å². The Balaban J connectivity index is 2.41. The molecule has 6 heteroatoms. The third-order valence-corrected chi connectivity index (χ3v) is 3.93. The molecular weight excluding hydrogens is 338 g/mol. The number of nitrogens with two attached hydrogens (primary N) is 1. The third-order valence-electron chi connectivity index (χ3n) is 2.53. The Morgan fingerprint density at radius 3 is 2.58 bits per heavy atom. The minimum absolute atomic E-state index is 0.146. The summed E-state index contributed by atoms with van der Waals surface area (Å²) in [5.74, 6) is 0. The lowest BCUT2D eigenvalue weighted by Gasteiger charge is -2.14. The highest BCUT2D eigenvalue weighted by Gasteiger charge is 2.14. The predicted molar refractivity (Wildman–Crippen MR) is 78.2 cm³/mol. The van der Waals surface area contributed by atoms with Gasteiger partial charge in [0, 0.05) is 16.9 Å². The summed E-state index contributed by atoms with van der Waals surface area (Å²) in [7, 11) is 0. The van der Waals surface area contributed by atoms with Crippen LogP contribution >= 0.6 is 27.5 Å². The molecule has 0 heterocycles. The van der Waals surface area contributed by atoms with Gasteiger partial charge in [0.15, 0.2) is 0 Å². The highest BCUT2D eigenvalue weighted by Crippen LogP contribution is 2.35. The van der Waals surface area contributed by atoms with Crippen molar-refractivity contribution >= 4 is 44.6 Å². The van der Waals surface area contributed by atoms with Crippen molar-refractivity contribution in [3.05, 3.63) is 51.5 Å². The van der Waals surface area contributed by atoms with Gasteiger partial charge in [-0.15, -0.1) is 0 Å². The van der Waals surface area contributed by atoms with Crippen molar-refractivity contribution < 1.29 is 8.78 Å². The number of alkyl halides is 2. The molecule has 3 N–H and O–H groups in total.